The zero-order valence-corrected chi connectivity index (χ0v) is 13.8. The molecule has 0 aliphatic heterocycles. The van der Waals surface area contributed by atoms with Crippen LogP contribution in [0.2, 0.25) is 0 Å². The van der Waals surface area contributed by atoms with Gasteiger partial charge in [-0.05, 0) is 36.8 Å². The first-order valence-electron chi connectivity index (χ1n) is 8.20. The van der Waals surface area contributed by atoms with Crippen molar-refractivity contribution in [3.63, 3.8) is 0 Å². The van der Waals surface area contributed by atoms with E-state index >= 15 is 0 Å². The number of hydrogen-bond acceptors (Lipinski definition) is 5. The van der Waals surface area contributed by atoms with Crippen LogP contribution in [-0.2, 0) is 24.2 Å². The van der Waals surface area contributed by atoms with Crippen LogP contribution in [0.4, 0.5) is 0 Å². The molecule has 1 N–H and O–H groups in total. The molecule has 124 valence electrons. The van der Waals surface area contributed by atoms with E-state index in [4.69, 9.17) is 9.15 Å². The molecule has 0 amide bonds. The third kappa shape index (κ3) is 2.58. The monoisotopic (exact) mass is 325 g/mol. The Balaban J connectivity index is 1.63. The van der Waals surface area contributed by atoms with Crippen molar-refractivity contribution in [3.8, 4) is 0 Å². The topological polar surface area (TPSA) is 81.0 Å². The van der Waals surface area contributed by atoms with E-state index < -0.39 is 0 Å². The Morgan fingerprint density at radius 2 is 2.29 bits per heavy atom. The quantitative estimate of drug-likeness (QED) is 0.747. The number of H-pyrrole nitrogens is 1. The molecule has 1 aromatic carbocycles. The van der Waals surface area contributed by atoms with Crippen LogP contribution in [0.1, 0.15) is 46.7 Å². The highest BCUT2D eigenvalue weighted by Crippen LogP contribution is 2.33. The normalized spacial score (nSPS) is 17.0. The number of rotatable bonds is 3. The number of carbonyl (C=O) groups excluding carboxylic acids is 1. The van der Waals surface area contributed by atoms with E-state index in [0.717, 1.165) is 23.7 Å². The van der Waals surface area contributed by atoms with Crippen molar-refractivity contribution in [3.05, 3.63) is 46.8 Å². The maximum absolute atomic E-state index is 12.5. The summed E-state index contributed by atoms with van der Waals surface area (Å²) in [6.07, 6.45) is 3.26. The van der Waals surface area contributed by atoms with Gasteiger partial charge in [0.25, 0.3) is 5.89 Å². The van der Waals surface area contributed by atoms with Crippen molar-refractivity contribution in [2.75, 3.05) is 0 Å². The lowest BCUT2D eigenvalue weighted by atomic mass is 9.87. The molecule has 1 aliphatic carbocycles. The highest BCUT2D eigenvalue weighted by molar-refractivity contribution is 6.04. The van der Waals surface area contributed by atoms with Gasteiger partial charge >= 0.3 is 5.97 Å². The van der Waals surface area contributed by atoms with Gasteiger partial charge in [-0.1, -0.05) is 19.1 Å². The Morgan fingerprint density at radius 1 is 1.42 bits per heavy atom. The van der Waals surface area contributed by atoms with Crippen LogP contribution >= 0.6 is 0 Å². The number of aryl methyl sites for hydroxylation is 2. The van der Waals surface area contributed by atoms with Crippen LogP contribution in [0.5, 0.6) is 0 Å². The number of para-hydroxylation sites is 1. The van der Waals surface area contributed by atoms with Crippen LogP contribution in [0, 0.1) is 12.8 Å². The molecule has 0 saturated carbocycles. The summed E-state index contributed by atoms with van der Waals surface area (Å²) in [4.78, 5) is 15.9. The van der Waals surface area contributed by atoms with Crippen molar-refractivity contribution in [1.29, 1.82) is 0 Å². The van der Waals surface area contributed by atoms with Crippen LogP contribution in [0.3, 0.4) is 0 Å². The third-order valence-electron chi connectivity index (χ3n) is 4.58. The third-order valence-corrected chi connectivity index (χ3v) is 4.58. The molecule has 2 heterocycles. The van der Waals surface area contributed by atoms with Crippen molar-refractivity contribution in [1.82, 2.24) is 15.2 Å². The Kier molecular flexibility index (Phi) is 3.59. The molecule has 0 radical (unpaired) electrons. The lowest BCUT2D eigenvalue weighted by Gasteiger charge is -2.17. The van der Waals surface area contributed by atoms with E-state index in [1.54, 1.807) is 13.0 Å². The fourth-order valence-electron chi connectivity index (χ4n) is 3.39. The molecule has 1 atom stereocenters. The van der Waals surface area contributed by atoms with E-state index in [-0.39, 0.29) is 12.6 Å². The maximum atomic E-state index is 12.5. The molecule has 0 unspecified atom stereocenters. The number of benzene rings is 1. The van der Waals surface area contributed by atoms with E-state index in [0.29, 0.717) is 23.3 Å². The van der Waals surface area contributed by atoms with Gasteiger partial charge in [0.15, 0.2) is 6.61 Å². The molecule has 0 saturated heterocycles. The molecular formula is C18H19N3O3. The second kappa shape index (κ2) is 5.78. The number of hydrogen-bond donors (Lipinski definition) is 1. The first-order valence-corrected chi connectivity index (χ1v) is 8.20. The molecule has 0 fully saturated rings. The van der Waals surface area contributed by atoms with Crippen molar-refractivity contribution < 1.29 is 13.9 Å². The van der Waals surface area contributed by atoms with Crippen molar-refractivity contribution >= 4 is 16.9 Å². The Hall–Kier alpha value is -2.63. The van der Waals surface area contributed by atoms with Crippen LogP contribution in [0.15, 0.2) is 22.6 Å². The molecule has 24 heavy (non-hydrogen) atoms. The zero-order chi connectivity index (χ0) is 16.7. The molecule has 6 heteroatoms. The summed E-state index contributed by atoms with van der Waals surface area (Å²) in [6, 6.07) is 5.76. The highest BCUT2D eigenvalue weighted by Gasteiger charge is 2.23. The number of aromatic nitrogens is 3. The minimum absolute atomic E-state index is 0.0203. The van der Waals surface area contributed by atoms with Crippen LogP contribution < -0.4 is 0 Å². The molecule has 1 aliphatic rings. The molecule has 0 bridgehead atoms. The fraction of sp³-hybridized carbons (Fsp3) is 0.389. The van der Waals surface area contributed by atoms with Gasteiger partial charge in [0.2, 0.25) is 5.89 Å². The van der Waals surface area contributed by atoms with Crippen LogP contribution in [-0.4, -0.2) is 21.2 Å². The standard InChI is InChI=1S/C18H19N3O3/c1-10-6-7-15-14(8-10)12-4-3-5-13(17(12)19-15)18(22)23-9-16-21-20-11(2)24-16/h3-5,10,19H,6-9H2,1-2H3/t10-/m0/s1. The Labute approximate surface area is 139 Å². The van der Waals surface area contributed by atoms with Gasteiger partial charge in [-0.2, -0.15) is 0 Å². The minimum atomic E-state index is -0.386. The highest BCUT2D eigenvalue weighted by atomic mass is 16.5. The number of nitrogens with zero attached hydrogens (tertiary/aromatic N) is 2. The van der Waals surface area contributed by atoms with Gasteiger partial charge in [0, 0.05) is 18.0 Å². The summed E-state index contributed by atoms with van der Waals surface area (Å²) in [5, 5.41) is 8.68. The van der Waals surface area contributed by atoms with Gasteiger partial charge in [0.1, 0.15) is 0 Å². The summed E-state index contributed by atoms with van der Waals surface area (Å²) in [5.41, 5.74) is 4.00. The SMILES string of the molecule is Cc1nnc(COC(=O)c2cccc3c4c([nH]c23)CC[C@H](C)C4)o1. The first kappa shape index (κ1) is 14.9. The number of carbonyl (C=O) groups is 1. The number of ether oxygens (including phenoxy) is 1. The second-order valence-corrected chi connectivity index (χ2v) is 6.45. The average Bonchev–Trinajstić information content (AvgIpc) is 3.15. The van der Waals surface area contributed by atoms with Gasteiger partial charge in [-0.3, -0.25) is 0 Å². The Morgan fingerprint density at radius 3 is 3.08 bits per heavy atom. The molecular weight excluding hydrogens is 306 g/mol. The average molecular weight is 325 g/mol. The summed E-state index contributed by atoms with van der Waals surface area (Å²) in [6.45, 7) is 3.95. The summed E-state index contributed by atoms with van der Waals surface area (Å²) in [5.74, 6) is 1.04. The summed E-state index contributed by atoms with van der Waals surface area (Å²) in [7, 11) is 0. The Bertz CT molecular complexity index is 910. The largest absolute Gasteiger partial charge is 0.452 e. The number of aromatic amines is 1. The fourth-order valence-corrected chi connectivity index (χ4v) is 3.39. The summed E-state index contributed by atoms with van der Waals surface area (Å²) < 4.78 is 10.6. The number of fused-ring (bicyclic) bond motifs is 3. The van der Waals surface area contributed by atoms with E-state index in [2.05, 4.69) is 28.2 Å². The molecule has 6 nitrogen and oxygen atoms in total. The second-order valence-electron chi connectivity index (χ2n) is 6.45. The van der Waals surface area contributed by atoms with Crippen LogP contribution in [0.25, 0.3) is 10.9 Å². The van der Waals surface area contributed by atoms with Crippen molar-refractivity contribution in [2.45, 2.75) is 39.7 Å². The molecule has 0 spiro atoms. The smallest absolute Gasteiger partial charge is 0.340 e. The summed E-state index contributed by atoms with van der Waals surface area (Å²) >= 11 is 0. The van der Waals surface area contributed by atoms with Gasteiger partial charge < -0.3 is 14.1 Å². The predicted octanol–water partition coefficient (Wildman–Crippen LogP) is 3.34. The van der Waals surface area contributed by atoms with E-state index in [9.17, 15) is 4.79 Å². The van der Waals surface area contributed by atoms with Crippen molar-refractivity contribution in [2.24, 2.45) is 5.92 Å². The van der Waals surface area contributed by atoms with Gasteiger partial charge in [-0.15, -0.1) is 10.2 Å². The molecule has 4 rings (SSSR count). The number of nitrogens with one attached hydrogen (secondary N) is 1. The van der Waals surface area contributed by atoms with E-state index in [1.165, 1.54) is 17.7 Å². The zero-order valence-electron chi connectivity index (χ0n) is 13.8. The number of esters is 1. The minimum Gasteiger partial charge on any atom is -0.452 e. The lowest BCUT2D eigenvalue weighted by molar-refractivity contribution is 0.0439. The molecule has 3 aromatic rings. The maximum Gasteiger partial charge on any atom is 0.340 e. The van der Waals surface area contributed by atoms with E-state index in [1.807, 2.05) is 6.07 Å². The first-order chi connectivity index (χ1) is 11.6. The van der Waals surface area contributed by atoms with Gasteiger partial charge in [-0.25, -0.2) is 4.79 Å². The molecule has 2 aromatic heterocycles. The predicted molar refractivity (Wildman–Crippen MR) is 87.6 cm³/mol. The van der Waals surface area contributed by atoms with Gasteiger partial charge in [0.05, 0.1) is 11.1 Å². The lowest BCUT2D eigenvalue weighted by Crippen LogP contribution is -2.09.